The molecule has 14 heteroatoms. The number of rotatable bonds is 8. The molecule has 2 aromatic heterocycles. The third-order valence-electron chi connectivity index (χ3n) is 8.52. The molecule has 3 amide bonds. The van der Waals surface area contributed by atoms with E-state index in [1.165, 1.54) is 11.9 Å². The molecule has 1 aliphatic carbocycles. The van der Waals surface area contributed by atoms with Crippen molar-refractivity contribution in [1.82, 2.24) is 20.2 Å². The number of pyridine rings is 1. The van der Waals surface area contributed by atoms with Crippen LogP contribution in [0.2, 0.25) is 0 Å². The first-order valence-electron chi connectivity index (χ1n) is 16.2. The number of alkyl carbamates (subject to hydrolysis) is 1. The Hall–Kier alpha value is -5.11. The van der Waals surface area contributed by atoms with Gasteiger partial charge in [-0.25, -0.2) is 28.3 Å². The maximum absolute atomic E-state index is 15.7. The predicted octanol–water partition coefficient (Wildman–Crippen LogP) is 6.76. The van der Waals surface area contributed by atoms with Crippen LogP contribution in [-0.4, -0.2) is 83.8 Å². The molecule has 2 aromatic carbocycles. The summed E-state index contributed by atoms with van der Waals surface area (Å²) in [7, 11) is 1.36. The molecule has 1 saturated heterocycles. The highest BCUT2D eigenvalue weighted by molar-refractivity contribution is 7.14. The van der Waals surface area contributed by atoms with E-state index in [1.54, 1.807) is 44.4 Å². The fraction of sp³-hybridized carbons (Fsp3) is 0.361. The zero-order chi connectivity index (χ0) is 35.6. The lowest BCUT2D eigenvalue weighted by atomic mass is 9.98. The molecular formula is C36H38F2N6O5S. The van der Waals surface area contributed by atoms with Crippen LogP contribution in [0.15, 0.2) is 72.1 Å². The summed E-state index contributed by atoms with van der Waals surface area (Å²) in [6.07, 6.45) is -1.51. The summed E-state index contributed by atoms with van der Waals surface area (Å²) in [6.45, 7) is 4.48. The number of carbonyl (C=O) groups is 3. The molecule has 1 aliphatic heterocycles. The molecule has 0 spiro atoms. The Labute approximate surface area is 292 Å². The third-order valence-corrected chi connectivity index (χ3v) is 9.27. The molecule has 50 heavy (non-hydrogen) atoms. The number of hydrogen-bond donors (Lipinski definition) is 2. The van der Waals surface area contributed by atoms with Gasteiger partial charge in [-0.3, -0.25) is 4.79 Å². The van der Waals surface area contributed by atoms with Gasteiger partial charge in [0.1, 0.15) is 36.3 Å². The lowest BCUT2D eigenvalue weighted by Crippen LogP contribution is -2.59. The molecule has 6 rings (SSSR count). The van der Waals surface area contributed by atoms with Gasteiger partial charge in [0, 0.05) is 24.9 Å². The van der Waals surface area contributed by atoms with Crippen molar-refractivity contribution in [2.45, 2.75) is 50.7 Å². The summed E-state index contributed by atoms with van der Waals surface area (Å²) < 4.78 is 42.2. The Bertz CT molecular complexity index is 1850. The lowest BCUT2D eigenvalue weighted by molar-refractivity contribution is -0.115. The molecule has 2 N–H and O–H groups in total. The highest BCUT2D eigenvalue weighted by atomic mass is 32.1. The van der Waals surface area contributed by atoms with Crippen LogP contribution in [0.4, 0.5) is 29.3 Å². The first kappa shape index (κ1) is 34.7. The average Bonchev–Trinajstić information content (AvgIpc) is 3.67. The van der Waals surface area contributed by atoms with Gasteiger partial charge < -0.3 is 29.9 Å². The van der Waals surface area contributed by atoms with E-state index in [-0.39, 0.29) is 37.2 Å². The number of carbonyl (C=O) groups excluding carboxylic acids is 3. The standard InChI is InChI=1S/C36H38F2N6O5S/c1-35(2,3)49-33(46)39-18-31(45)42-32-41-28(20-50-32)27-14-9-15-30(40-27)44-17-16-29(36(37,38)21-44)43(4)34(47)48-19-26-24-12-7-5-10-22(24)23-11-6-8-13-25(23)26/h5-15,20,26,29H,16-19,21H2,1-4H3,(H,39,46)(H,41,42,45)/t29-/m1/s1. The topological polar surface area (TPSA) is 126 Å². The first-order valence-corrected chi connectivity index (χ1v) is 17.1. The van der Waals surface area contributed by atoms with E-state index in [4.69, 9.17) is 9.47 Å². The fourth-order valence-electron chi connectivity index (χ4n) is 6.24. The van der Waals surface area contributed by atoms with Crippen molar-refractivity contribution >= 4 is 40.4 Å². The van der Waals surface area contributed by atoms with Gasteiger partial charge in [-0.05, 0) is 61.6 Å². The number of piperidine rings is 1. The van der Waals surface area contributed by atoms with Crippen LogP contribution < -0.4 is 15.5 Å². The van der Waals surface area contributed by atoms with Crippen molar-refractivity contribution in [1.29, 1.82) is 0 Å². The molecule has 11 nitrogen and oxygen atoms in total. The predicted molar refractivity (Wildman–Crippen MR) is 187 cm³/mol. The van der Waals surface area contributed by atoms with Gasteiger partial charge >= 0.3 is 12.2 Å². The lowest BCUT2D eigenvalue weighted by Gasteiger charge is -2.42. The maximum atomic E-state index is 15.7. The molecule has 3 heterocycles. The zero-order valence-electron chi connectivity index (χ0n) is 28.1. The number of amides is 3. The number of nitrogens with one attached hydrogen (secondary N) is 2. The van der Waals surface area contributed by atoms with Crippen LogP contribution in [0.3, 0.4) is 0 Å². The number of benzene rings is 2. The second kappa shape index (κ2) is 14.0. The number of ether oxygens (including phenoxy) is 2. The summed E-state index contributed by atoms with van der Waals surface area (Å²) in [5.41, 5.74) is 4.45. The van der Waals surface area contributed by atoms with Crippen LogP contribution in [0.25, 0.3) is 22.5 Å². The number of aromatic nitrogens is 2. The molecule has 262 valence electrons. The highest BCUT2D eigenvalue weighted by Gasteiger charge is 2.49. The molecule has 0 saturated carbocycles. The van der Waals surface area contributed by atoms with Crippen LogP contribution >= 0.6 is 11.3 Å². The van der Waals surface area contributed by atoms with Crippen LogP contribution in [0.5, 0.6) is 0 Å². The average molecular weight is 705 g/mol. The minimum absolute atomic E-state index is 0.00378. The van der Waals surface area contributed by atoms with Crippen molar-refractivity contribution in [2.24, 2.45) is 0 Å². The van der Waals surface area contributed by atoms with Gasteiger partial charge in [-0.1, -0.05) is 54.6 Å². The zero-order valence-corrected chi connectivity index (χ0v) is 28.9. The van der Waals surface area contributed by atoms with Crippen LogP contribution in [0, 0.1) is 0 Å². The molecule has 0 unspecified atom stereocenters. The van der Waals surface area contributed by atoms with Crippen molar-refractivity contribution in [2.75, 3.05) is 43.5 Å². The Kier molecular flexibility index (Phi) is 9.74. The summed E-state index contributed by atoms with van der Waals surface area (Å²) in [5.74, 6) is -3.58. The summed E-state index contributed by atoms with van der Waals surface area (Å²) in [6, 6.07) is 19.6. The van der Waals surface area contributed by atoms with E-state index in [0.29, 0.717) is 17.2 Å². The molecule has 1 fully saturated rings. The van der Waals surface area contributed by atoms with Crippen molar-refractivity contribution in [3.63, 3.8) is 0 Å². The summed E-state index contributed by atoms with van der Waals surface area (Å²) in [4.78, 5) is 48.8. The van der Waals surface area contributed by atoms with E-state index >= 15 is 8.78 Å². The SMILES string of the molecule is CN(C(=O)OCC1c2ccccc2-c2ccccc21)[C@@H]1CCN(c2cccc(-c3csc(NC(=O)CNC(=O)OC(C)(C)C)n3)n2)CC1(F)F. The first-order chi connectivity index (χ1) is 23.8. The molecule has 1 atom stereocenters. The maximum Gasteiger partial charge on any atom is 0.409 e. The van der Waals surface area contributed by atoms with Gasteiger partial charge in [0.2, 0.25) is 5.91 Å². The molecule has 0 bridgehead atoms. The van der Waals surface area contributed by atoms with Crippen molar-refractivity contribution in [3.05, 3.63) is 83.2 Å². The van der Waals surface area contributed by atoms with Gasteiger partial charge in [0.05, 0.1) is 12.2 Å². The molecule has 0 radical (unpaired) electrons. The summed E-state index contributed by atoms with van der Waals surface area (Å²) >= 11 is 1.16. The Morgan fingerprint density at radius 2 is 1.66 bits per heavy atom. The number of alkyl halides is 2. The van der Waals surface area contributed by atoms with E-state index in [1.807, 2.05) is 48.5 Å². The number of thiazole rings is 1. The minimum Gasteiger partial charge on any atom is -0.448 e. The van der Waals surface area contributed by atoms with E-state index in [2.05, 4.69) is 20.6 Å². The fourth-order valence-corrected chi connectivity index (χ4v) is 6.97. The van der Waals surface area contributed by atoms with Crippen LogP contribution in [-0.2, 0) is 14.3 Å². The Morgan fingerprint density at radius 3 is 2.32 bits per heavy atom. The molecular weight excluding hydrogens is 666 g/mol. The number of halogens is 2. The van der Waals surface area contributed by atoms with Crippen molar-refractivity contribution in [3.8, 4) is 22.5 Å². The number of nitrogens with zero attached hydrogens (tertiary/aromatic N) is 4. The largest absolute Gasteiger partial charge is 0.448 e. The van der Waals surface area contributed by atoms with Gasteiger partial charge in [0.25, 0.3) is 5.92 Å². The van der Waals surface area contributed by atoms with E-state index in [0.717, 1.165) is 38.5 Å². The highest BCUT2D eigenvalue weighted by Crippen LogP contribution is 2.44. The smallest absolute Gasteiger partial charge is 0.409 e. The number of fused-ring (bicyclic) bond motifs is 3. The summed E-state index contributed by atoms with van der Waals surface area (Å²) in [5, 5.41) is 6.97. The third kappa shape index (κ3) is 7.70. The van der Waals surface area contributed by atoms with Crippen molar-refractivity contribution < 1.29 is 32.6 Å². The van der Waals surface area contributed by atoms with Gasteiger partial charge in [-0.2, -0.15) is 0 Å². The molecule has 2 aliphatic rings. The minimum atomic E-state index is -3.25. The Balaban J connectivity index is 1.04. The monoisotopic (exact) mass is 704 g/mol. The second-order valence-electron chi connectivity index (χ2n) is 13.2. The van der Waals surface area contributed by atoms with E-state index < -0.39 is 42.2 Å². The second-order valence-corrected chi connectivity index (χ2v) is 14.1. The quantitative estimate of drug-likeness (QED) is 0.206. The Morgan fingerprint density at radius 1 is 0.980 bits per heavy atom. The number of hydrogen-bond acceptors (Lipinski definition) is 9. The normalized spacial score (nSPS) is 16.6. The number of anilines is 2. The van der Waals surface area contributed by atoms with Gasteiger partial charge in [0.15, 0.2) is 5.13 Å². The molecule has 4 aromatic rings. The van der Waals surface area contributed by atoms with Gasteiger partial charge in [-0.15, -0.1) is 11.3 Å². The van der Waals surface area contributed by atoms with E-state index in [9.17, 15) is 14.4 Å². The van der Waals surface area contributed by atoms with Crippen LogP contribution in [0.1, 0.15) is 44.2 Å².